The number of piperidine rings is 1. The highest BCUT2D eigenvalue weighted by molar-refractivity contribution is 5.92. The molecule has 3 aromatic rings. The molecule has 0 aromatic carbocycles. The fraction of sp³-hybridized carbons (Fsp3) is 0.389. The molecule has 1 aliphatic heterocycles. The lowest BCUT2D eigenvalue weighted by atomic mass is 9.93. The van der Waals surface area contributed by atoms with Crippen molar-refractivity contribution in [1.82, 2.24) is 29.8 Å². The minimum atomic E-state index is -1.74. The zero-order valence-corrected chi connectivity index (χ0v) is 14.9. The molecule has 4 rings (SSSR count). The van der Waals surface area contributed by atoms with Crippen LogP contribution in [-0.4, -0.2) is 48.8 Å². The van der Waals surface area contributed by atoms with Crippen LogP contribution in [-0.2, 0) is 12.2 Å². The van der Waals surface area contributed by atoms with Gasteiger partial charge in [-0.05, 0) is 25.1 Å². The van der Waals surface area contributed by atoms with Crippen LogP contribution in [0.1, 0.15) is 36.1 Å². The first-order chi connectivity index (χ1) is 13.1. The monoisotopic (exact) mass is 370 g/mol. The Hall–Kier alpha value is -3.10. The maximum absolute atomic E-state index is 15.4. The minimum Gasteiger partial charge on any atom is -0.337 e. The van der Waals surface area contributed by atoms with Crippen molar-refractivity contribution in [2.24, 2.45) is 0 Å². The highest BCUT2D eigenvalue weighted by Gasteiger charge is 2.42. The third-order valence-corrected chi connectivity index (χ3v) is 4.77. The van der Waals surface area contributed by atoms with E-state index in [0.717, 1.165) is 0 Å². The van der Waals surface area contributed by atoms with Crippen molar-refractivity contribution in [1.29, 1.82) is 0 Å². The summed E-state index contributed by atoms with van der Waals surface area (Å²) in [7, 11) is 0. The van der Waals surface area contributed by atoms with E-state index < -0.39 is 5.67 Å². The fourth-order valence-electron chi connectivity index (χ4n) is 3.12. The van der Waals surface area contributed by atoms with E-state index in [-0.39, 0.29) is 37.7 Å². The lowest BCUT2D eigenvalue weighted by Crippen LogP contribution is -2.43. The van der Waals surface area contributed by atoms with Crippen LogP contribution in [0.25, 0.3) is 11.4 Å². The van der Waals surface area contributed by atoms with Gasteiger partial charge in [-0.3, -0.25) is 14.5 Å². The number of hydrogen-bond donors (Lipinski definition) is 0. The van der Waals surface area contributed by atoms with Gasteiger partial charge in [0.25, 0.3) is 11.8 Å². The predicted molar refractivity (Wildman–Crippen MR) is 93.4 cm³/mol. The zero-order chi connectivity index (χ0) is 18.9. The predicted octanol–water partition coefficient (Wildman–Crippen LogP) is 2.45. The summed E-state index contributed by atoms with van der Waals surface area (Å²) in [5, 5.41) is 8.09. The van der Waals surface area contributed by atoms with E-state index >= 15 is 4.39 Å². The molecule has 0 aliphatic carbocycles. The number of likely N-dealkylation sites (tertiary alicyclic amines) is 1. The SMILES string of the molecule is CCn1ccc(C(=O)N2CCC(F)(c3nc(-c4ccncc4)no3)CC2)n1. The molecule has 0 saturated carbocycles. The van der Waals surface area contributed by atoms with E-state index in [2.05, 4.69) is 20.2 Å². The second kappa shape index (κ2) is 6.90. The summed E-state index contributed by atoms with van der Waals surface area (Å²) in [5.74, 6) is 0.0944. The van der Waals surface area contributed by atoms with Gasteiger partial charge < -0.3 is 9.42 Å². The number of aryl methyl sites for hydroxylation is 1. The topological polar surface area (TPSA) is 89.9 Å². The van der Waals surface area contributed by atoms with Gasteiger partial charge in [0.1, 0.15) is 5.69 Å². The third kappa shape index (κ3) is 3.32. The van der Waals surface area contributed by atoms with Crippen molar-refractivity contribution in [3.05, 3.63) is 48.4 Å². The van der Waals surface area contributed by atoms with Crippen LogP contribution in [0.5, 0.6) is 0 Å². The second-order valence-corrected chi connectivity index (χ2v) is 6.47. The van der Waals surface area contributed by atoms with Crippen molar-refractivity contribution in [3.8, 4) is 11.4 Å². The quantitative estimate of drug-likeness (QED) is 0.701. The Bertz CT molecular complexity index is 930. The third-order valence-electron chi connectivity index (χ3n) is 4.77. The Morgan fingerprint density at radius 2 is 2.00 bits per heavy atom. The van der Waals surface area contributed by atoms with Crippen molar-refractivity contribution in [2.45, 2.75) is 32.0 Å². The molecular formula is C18H19FN6O2. The smallest absolute Gasteiger partial charge is 0.274 e. The van der Waals surface area contributed by atoms with Crippen molar-refractivity contribution < 1.29 is 13.7 Å². The van der Waals surface area contributed by atoms with Crippen LogP contribution >= 0.6 is 0 Å². The van der Waals surface area contributed by atoms with Crippen LogP contribution in [0.15, 0.2) is 41.3 Å². The van der Waals surface area contributed by atoms with Gasteiger partial charge in [-0.25, -0.2) is 4.39 Å². The number of aromatic nitrogens is 5. The van der Waals surface area contributed by atoms with Crippen LogP contribution < -0.4 is 0 Å². The van der Waals surface area contributed by atoms with Gasteiger partial charge in [-0.2, -0.15) is 10.1 Å². The number of carbonyl (C=O) groups excluding carboxylic acids is 1. The summed E-state index contributed by atoms with van der Waals surface area (Å²) in [4.78, 5) is 22.3. The molecule has 27 heavy (non-hydrogen) atoms. The molecule has 1 fully saturated rings. The summed E-state index contributed by atoms with van der Waals surface area (Å²) in [5.41, 5.74) is -0.651. The molecule has 0 N–H and O–H groups in total. The molecule has 0 spiro atoms. The van der Waals surface area contributed by atoms with Crippen molar-refractivity contribution >= 4 is 5.91 Å². The van der Waals surface area contributed by atoms with Gasteiger partial charge in [-0.1, -0.05) is 5.16 Å². The molecule has 140 valence electrons. The highest BCUT2D eigenvalue weighted by Crippen LogP contribution is 2.37. The number of pyridine rings is 1. The molecule has 0 atom stereocenters. The molecule has 4 heterocycles. The van der Waals surface area contributed by atoms with E-state index in [0.29, 0.717) is 23.6 Å². The average Bonchev–Trinajstić information content (AvgIpc) is 3.39. The maximum atomic E-state index is 15.4. The number of amides is 1. The molecule has 8 nitrogen and oxygen atoms in total. The van der Waals surface area contributed by atoms with E-state index in [1.807, 2.05) is 6.92 Å². The first-order valence-electron chi connectivity index (χ1n) is 8.85. The number of hydrogen-bond acceptors (Lipinski definition) is 6. The Balaban J connectivity index is 1.45. The van der Waals surface area contributed by atoms with Gasteiger partial charge in [0.15, 0.2) is 5.67 Å². The van der Waals surface area contributed by atoms with Crippen LogP contribution in [0, 0.1) is 0 Å². The molecule has 0 radical (unpaired) electrons. The van der Waals surface area contributed by atoms with E-state index in [9.17, 15) is 4.79 Å². The Morgan fingerprint density at radius 3 is 2.67 bits per heavy atom. The summed E-state index contributed by atoms with van der Waals surface area (Å²) >= 11 is 0. The summed E-state index contributed by atoms with van der Waals surface area (Å²) in [6, 6.07) is 5.15. The van der Waals surface area contributed by atoms with Gasteiger partial charge in [0, 0.05) is 56.6 Å². The summed E-state index contributed by atoms with van der Waals surface area (Å²) < 4.78 is 22.2. The number of alkyl halides is 1. The Kier molecular flexibility index (Phi) is 4.43. The summed E-state index contributed by atoms with van der Waals surface area (Å²) in [6.45, 7) is 3.17. The van der Waals surface area contributed by atoms with E-state index in [1.54, 1.807) is 46.4 Å². The van der Waals surface area contributed by atoms with Crippen molar-refractivity contribution in [3.63, 3.8) is 0 Å². The standard InChI is InChI=1S/C18H19FN6O2/c1-2-25-10-5-14(22-25)16(26)24-11-6-18(19,7-12-24)17-21-15(23-27-17)13-3-8-20-9-4-13/h3-5,8-10H,2,6-7,11-12H2,1H3. The highest BCUT2D eigenvalue weighted by atomic mass is 19.1. The minimum absolute atomic E-state index is 0.0447. The van der Waals surface area contributed by atoms with Gasteiger partial charge in [-0.15, -0.1) is 0 Å². The normalized spacial score (nSPS) is 16.4. The lowest BCUT2D eigenvalue weighted by molar-refractivity contribution is 0.0245. The van der Waals surface area contributed by atoms with Gasteiger partial charge in [0.2, 0.25) is 5.82 Å². The van der Waals surface area contributed by atoms with E-state index in [4.69, 9.17) is 4.52 Å². The Morgan fingerprint density at radius 1 is 1.26 bits per heavy atom. The molecule has 3 aromatic heterocycles. The molecule has 1 saturated heterocycles. The molecule has 0 unspecified atom stereocenters. The number of halogens is 1. The average molecular weight is 370 g/mol. The Labute approximate surface area is 155 Å². The first-order valence-corrected chi connectivity index (χ1v) is 8.85. The lowest BCUT2D eigenvalue weighted by Gasteiger charge is -2.33. The van der Waals surface area contributed by atoms with Crippen LogP contribution in [0.2, 0.25) is 0 Å². The molecule has 1 amide bonds. The first kappa shape index (κ1) is 17.3. The maximum Gasteiger partial charge on any atom is 0.274 e. The van der Waals surface area contributed by atoms with Crippen LogP contribution in [0.3, 0.4) is 0 Å². The fourth-order valence-corrected chi connectivity index (χ4v) is 3.12. The largest absolute Gasteiger partial charge is 0.337 e. The van der Waals surface area contributed by atoms with E-state index in [1.165, 1.54) is 0 Å². The van der Waals surface area contributed by atoms with Crippen LogP contribution in [0.4, 0.5) is 4.39 Å². The molecule has 0 bridgehead atoms. The van der Waals surface area contributed by atoms with Crippen molar-refractivity contribution in [2.75, 3.05) is 13.1 Å². The second-order valence-electron chi connectivity index (χ2n) is 6.47. The zero-order valence-electron chi connectivity index (χ0n) is 14.9. The summed E-state index contributed by atoms with van der Waals surface area (Å²) in [6.07, 6.45) is 5.19. The van der Waals surface area contributed by atoms with Gasteiger partial charge >= 0.3 is 0 Å². The molecule has 1 aliphatic rings. The van der Waals surface area contributed by atoms with Gasteiger partial charge in [0.05, 0.1) is 0 Å². The number of rotatable bonds is 4. The molecular weight excluding hydrogens is 351 g/mol. The number of carbonyl (C=O) groups is 1. The number of nitrogens with zero attached hydrogens (tertiary/aromatic N) is 6. The molecule has 9 heteroatoms.